The molecule has 0 aliphatic rings. The Morgan fingerprint density at radius 3 is 2.25 bits per heavy atom. The Bertz CT molecular complexity index is 1010. The number of amides is 3. The molecular formula is C28H41N3O3S2. The highest BCUT2D eigenvalue weighted by Gasteiger charge is 2.25. The van der Waals surface area contributed by atoms with Gasteiger partial charge in [-0.3, -0.25) is 14.4 Å². The first-order valence-electron chi connectivity index (χ1n) is 12.7. The van der Waals surface area contributed by atoms with Gasteiger partial charge < -0.3 is 16.0 Å². The van der Waals surface area contributed by atoms with Gasteiger partial charge in [-0.1, -0.05) is 45.7 Å². The van der Waals surface area contributed by atoms with Gasteiger partial charge in [0.2, 0.25) is 17.7 Å². The number of rotatable bonds is 14. The number of anilines is 1. The summed E-state index contributed by atoms with van der Waals surface area (Å²) in [7, 11) is 0. The summed E-state index contributed by atoms with van der Waals surface area (Å²) in [5.41, 5.74) is 1.79. The Balaban J connectivity index is 1.83. The molecule has 8 heteroatoms. The topological polar surface area (TPSA) is 87.3 Å². The van der Waals surface area contributed by atoms with Gasteiger partial charge in [-0.15, -0.1) is 23.1 Å². The third-order valence-electron chi connectivity index (χ3n) is 6.00. The van der Waals surface area contributed by atoms with Gasteiger partial charge in [0.1, 0.15) is 12.1 Å². The lowest BCUT2D eigenvalue weighted by Gasteiger charge is -2.28. The summed E-state index contributed by atoms with van der Waals surface area (Å²) in [6.07, 6.45) is 5.06. The minimum atomic E-state index is -0.743. The van der Waals surface area contributed by atoms with Gasteiger partial charge in [-0.25, -0.2) is 0 Å². The smallest absolute Gasteiger partial charge is 0.246 e. The number of aryl methyl sites for hydroxylation is 1. The number of nitrogens with one attached hydrogen (secondary N) is 3. The highest BCUT2D eigenvalue weighted by atomic mass is 32.2. The van der Waals surface area contributed by atoms with Crippen molar-refractivity contribution < 1.29 is 14.4 Å². The molecule has 0 fully saturated rings. The maximum Gasteiger partial charge on any atom is 0.246 e. The van der Waals surface area contributed by atoms with Crippen molar-refractivity contribution in [3.63, 3.8) is 0 Å². The van der Waals surface area contributed by atoms with E-state index in [9.17, 15) is 14.4 Å². The van der Waals surface area contributed by atoms with Crippen molar-refractivity contribution in [1.82, 2.24) is 10.6 Å². The molecule has 2 atom stereocenters. The Labute approximate surface area is 224 Å². The zero-order chi connectivity index (χ0) is 26.7. The van der Waals surface area contributed by atoms with Gasteiger partial charge in [0.05, 0.1) is 5.75 Å². The fraction of sp³-hybridized carbons (Fsp3) is 0.536. The quantitative estimate of drug-likeness (QED) is 0.292. The molecular weight excluding hydrogens is 490 g/mol. The van der Waals surface area contributed by atoms with E-state index in [-0.39, 0.29) is 22.5 Å². The zero-order valence-corrected chi connectivity index (χ0v) is 24.0. The Hall–Kier alpha value is -2.32. The highest BCUT2D eigenvalue weighted by Crippen LogP contribution is 2.34. The SMILES string of the molecule is CCCC(C)(CCC)SCC(=O)N[C@@H](C)C(=O)N[C@@H](C)C(=O)Nc1cccc(Cc2ccc(C)s2)c1. The molecule has 2 aromatic rings. The van der Waals surface area contributed by atoms with Crippen molar-refractivity contribution >= 4 is 46.5 Å². The Morgan fingerprint density at radius 2 is 1.64 bits per heavy atom. The first kappa shape index (κ1) is 29.9. The van der Waals surface area contributed by atoms with Crippen LogP contribution in [-0.4, -0.2) is 40.3 Å². The van der Waals surface area contributed by atoms with Gasteiger partial charge in [0, 0.05) is 26.6 Å². The molecule has 0 aliphatic heterocycles. The predicted octanol–water partition coefficient (Wildman–Crippen LogP) is 5.69. The molecule has 0 saturated heterocycles. The van der Waals surface area contributed by atoms with Crippen LogP contribution >= 0.6 is 23.1 Å². The molecule has 0 saturated carbocycles. The summed E-state index contributed by atoms with van der Waals surface area (Å²) in [4.78, 5) is 40.3. The van der Waals surface area contributed by atoms with E-state index in [0.29, 0.717) is 11.4 Å². The molecule has 0 radical (unpaired) electrons. The molecule has 2 rings (SSSR count). The Morgan fingerprint density at radius 1 is 0.972 bits per heavy atom. The van der Waals surface area contributed by atoms with Crippen LogP contribution in [0, 0.1) is 6.92 Å². The van der Waals surface area contributed by atoms with Gasteiger partial charge in [0.15, 0.2) is 0 Å². The maximum atomic E-state index is 12.7. The lowest BCUT2D eigenvalue weighted by Crippen LogP contribution is -2.50. The predicted molar refractivity (Wildman–Crippen MR) is 153 cm³/mol. The second-order valence-corrected chi connectivity index (χ2v) is 12.6. The molecule has 0 unspecified atom stereocenters. The second kappa shape index (κ2) is 14.4. The van der Waals surface area contributed by atoms with E-state index in [0.717, 1.165) is 37.7 Å². The fourth-order valence-corrected chi connectivity index (χ4v) is 6.29. The molecule has 36 heavy (non-hydrogen) atoms. The van der Waals surface area contributed by atoms with Gasteiger partial charge in [-0.2, -0.15) is 0 Å². The van der Waals surface area contributed by atoms with Crippen molar-refractivity contribution in [2.75, 3.05) is 11.1 Å². The molecule has 3 amide bonds. The van der Waals surface area contributed by atoms with Gasteiger partial charge in [-0.05, 0) is 63.4 Å². The second-order valence-electron chi connectivity index (χ2n) is 9.64. The molecule has 1 aromatic carbocycles. The number of carbonyl (C=O) groups is 3. The minimum absolute atomic E-state index is 0.0684. The van der Waals surface area contributed by atoms with Crippen molar-refractivity contribution in [1.29, 1.82) is 0 Å². The molecule has 0 aliphatic carbocycles. The maximum absolute atomic E-state index is 12.7. The number of thiophene rings is 1. The molecule has 198 valence electrons. The zero-order valence-electron chi connectivity index (χ0n) is 22.4. The Kier molecular flexibility index (Phi) is 12.0. The third-order valence-corrected chi connectivity index (χ3v) is 8.51. The van der Waals surface area contributed by atoms with Gasteiger partial charge in [0.25, 0.3) is 0 Å². The number of hydrogen-bond acceptors (Lipinski definition) is 5. The number of thioether (sulfide) groups is 1. The van der Waals surface area contributed by atoms with Crippen LogP contribution in [0.15, 0.2) is 36.4 Å². The van der Waals surface area contributed by atoms with Crippen LogP contribution in [0.25, 0.3) is 0 Å². The number of hydrogen-bond donors (Lipinski definition) is 3. The molecule has 1 heterocycles. The highest BCUT2D eigenvalue weighted by molar-refractivity contribution is 8.01. The minimum Gasteiger partial charge on any atom is -0.344 e. The van der Waals surface area contributed by atoms with E-state index >= 15 is 0 Å². The summed E-state index contributed by atoms with van der Waals surface area (Å²) in [6.45, 7) is 11.9. The van der Waals surface area contributed by atoms with Crippen molar-refractivity contribution in [3.8, 4) is 0 Å². The lowest BCUT2D eigenvalue weighted by atomic mass is 10.00. The van der Waals surface area contributed by atoms with Crippen molar-refractivity contribution in [2.45, 2.75) is 90.5 Å². The first-order valence-corrected chi connectivity index (χ1v) is 14.5. The van der Waals surface area contributed by atoms with E-state index in [1.54, 1.807) is 36.9 Å². The normalized spacial score (nSPS) is 13.1. The summed E-state index contributed by atoms with van der Waals surface area (Å²) in [5.74, 6) is -0.555. The van der Waals surface area contributed by atoms with Crippen LogP contribution in [0.3, 0.4) is 0 Å². The van der Waals surface area contributed by atoms with E-state index in [4.69, 9.17) is 0 Å². The largest absolute Gasteiger partial charge is 0.344 e. The number of carbonyl (C=O) groups excluding carboxylic acids is 3. The van der Waals surface area contributed by atoms with Crippen LogP contribution in [0.5, 0.6) is 0 Å². The average Bonchev–Trinajstić information content (AvgIpc) is 3.22. The van der Waals surface area contributed by atoms with Crippen molar-refractivity contribution in [2.24, 2.45) is 0 Å². The van der Waals surface area contributed by atoms with Crippen LogP contribution in [0.2, 0.25) is 0 Å². The molecule has 0 spiro atoms. The first-order chi connectivity index (χ1) is 17.0. The molecule has 1 aromatic heterocycles. The molecule has 6 nitrogen and oxygen atoms in total. The van der Waals surface area contributed by atoms with Crippen LogP contribution in [0.4, 0.5) is 5.69 Å². The summed E-state index contributed by atoms with van der Waals surface area (Å²) < 4.78 is 0.0684. The summed E-state index contributed by atoms with van der Waals surface area (Å²) in [5, 5.41) is 8.34. The fourth-order valence-electron chi connectivity index (χ4n) is 4.11. The summed E-state index contributed by atoms with van der Waals surface area (Å²) in [6, 6.07) is 10.5. The monoisotopic (exact) mass is 531 g/mol. The standard InChI is InChI=1S/C28H41N3O3S2/c1-7-14-28(6,15-8-2)35-18-25(32)29-20(4)26(33)30-21(5)27(34)31-23-11-9-10-22(16-23)17-24-13-12-19(3)36-24/h9-13,16,20-21H,7-8,14-15,17-18H2,1-6H3,(H,29,32)(H,30,33)(H,31,34)/t20-,21-/m0/s1. The summed E-state index contributed by atoms with van der Waals surface area (Å²) >= 11 is 3.41. The lowest BCUT2D eigenvalue weighted by molar-refractivity contribution is -0.129. The van der Waals surface area contributed by atoms with Crippen molar-refractivity contribution in [3.05, 3.63) is 51.7 Å². The van der Waals surface area contributed by atoms with E-state index in [1.165, 1.54) is 9.75 Å². The van der Waals surface area contributed by atoms with Crippen LogP contribution < -0.4 is 16.0 Å². The van der Waals surface area contributed by atoms with E-state index in [2.05, 4.69) is 55.8 Å². The van der Waals surface area contributed by atoms with Crippen LogP contribution in [0.1, 0.15) is 75.6 Å². The molecule has 0 bridgehead atoms. The molecule has 3 N–H and O–H groups in total. The van der Waals surface area contributed by atoms with Crippen LogP contribution in [-0.2, 0) is 20.8 Å². The third kappa shape index (κ3) is 9.97. The van der Waals surface area contributed by atoms with E-state index < -0.39 is 12.1 Å². The van der Waals surface area contributed by atoms with Gasteiger partial charge >= 0.3 is 0 Å². The number of benzene rings is 1. The average molecular weight is 532 g/mol. The van der Waals surface area contributed by atoms with E-state index in [1.807, 2.05) is 24.3 Å².